The number of rotatable bonds is 6. The van der Waals surface area contributed by atoms with E-state index in [1.54, 1.807) is 12.1 Å². The van der Waals surface area contributed by atoms with Crippen molar-refractivity contribution in [2.45, 2.75) is 10.9 Å². The van der Waals surface area contributed by atoms with Crippen molar-refractivity contribution < 1.29 is 18.6 Å². The van der Waals surface area contributed by atoms with Crippen LogP contribution in [-0.4, -0.2) is 44.9 Å². The summed E-state index contributed by atoms with van der Waals surface area (Å²) in [6.07, 6.45) is 0. The molecule has 6 nitrogen and oxygen atoms in total. The van der Waals surface area contributed by atoms with Crippen molar-refractivity contribution in [1.29, 1.82) is 0 Å². The van der Waals surface area contributed by atoms with Crippen molar-refractivity contribution in [1.82, 2.24) is 4.72 Å². The first-order chi connectivity index (χ1) is 8.03. The SMILES string of the molecule is CNS(=O)(=O)c1ccc(NC(CO)CO)cc1. The van der Waals surface area contributed by atoms with Crippen LogP contribution in [-0.2, 0) is 10.0 Å². The van der Waals surface area contributed by atoms with E-state index in [9.17, 15) is 8.42 Å². The summed E-state index contributed by atoms with van der Waals surface area (Å²) in [6, 6.07) is 5.58. The molecule has 0 fully saturated rings. The highest BCUT2D eigenvalue weighted by Crippen LogP contribution is 2.14. The van der Waals surface area contributed by atoms with Gasteiger partial charge in [-0.15, -0.1) is 0 Å². The number of nitrogens with one attached hydrogen (secondary N) is 2. The Morgan fingerprint density at radius 1 is 1.18 bits per heavy atom. The molecule has 0 saturated carbocycles. The topological polar surface area (TPSA) is 98.7 Å². The number of aliphatic hydroxyl groups excluding tert-OH is 2. The van der Waals surface area contributed by atoms with Gasteiger partial charge in [-0.25, -0.2) is 13.1 Å². The number of hydrogen-bond donors (Lipinski definition) is 4. The quantitative estimate of drug-likeness (QED) is 0.545. The average molecular weight is 260 g/mol. The average Bonchev–Trinajstić information content (AvgIpc) is 2.36. The number of benzene rings is 1. The molecule has 1 rings (SSSR count). The second-order valence-electron chi connectivity index (χ2n) is 3.44. The molecule has 17 heavy (non-hydrogen) atoms. The number of anilines is 1. The van der Waals surface area contributed by atoms with Gasteiger partial charge >= 0.3 is 0 Å². The molecule has 4 N–H and O–H groups in total. The van der Waals surface area contributed by atoms with Crippen molar-refractivity contribution in [2.75, 3.05) is 25.6 Å². The van der Waals surface area contributed by atoms with E-state index in [-0.39, 0.29) is 18.1 Å². The van der Waals surface area contributed by atoms with Gasteiger partial charge in [0.1, 0.15) is 0 Å². The maximum Gasteiger partial charge on any atom is 0.240 e. The number of aliphatic hydroxyl groups is 2. The molecule has 0 amide bonds. The molecule has 0 bridgehead atoms. The first kappa shape index (κ1) is 13.9. The van der Waals surface area contributed by atoms with Crippen molar-refractivity contribution in [3.05, 3.63) is 24.3 Å². The third-order valence-corrected chi connectivity index (χ3v) is 3.68. The summed E-state index contributed by atoms with van der Waals surface area (Å²) in [7, 11) is -2.09. The summed E-state index contributed by atoms with van der Waals surface area (Å²) < 4.78 is 25.1. The molecule has 1 aromatic carbocycles. The smallest absolute Gasteiger partial charge is 0.240 e. The first-order valence-electron chi connectivity index (χ1n) is 5.05. The van der Waals surface area contributed by atoms with Gasteiger partial charge in [0.05, 0.1) is 24.2 Å². The predicted octanol–water partition coefficient (Wildman–Crippen LogP) is -0.640. The first-order valence-corrected chi connectivity index (χ1v) is 6.53. The minimum atomic E-state index is -3.43. The highest BCUT2D eigenvalue weighted by atomic mass is 32.2. The zero-order valence-corrected chi connectivity index (χ0v) is 10.2. The predicted molar refractivity (Wildman–Crippen MR) is 64.3 cm³/mol. The molecule has 96 valence electrons. The molecule has 0 saturated heterocycles. The molecular formula is C10H16N2O4S. The molecule has 0 aliphatic heterocycles. The Kier molecular flexibility index (Phi) is 4.88. The lowest BCUT2D eigenvalue weighted by atomic mass is 10.2. The highest BCUT2D eigenvalue weighted by Gasteiger charge is 2.11. The van der Waals surface area contributed by atoms with E-state index in [4.69, 9.17) is 10.2 Å². The molecule has 0 aliphatic carbocycles. The summed E-state index contributed by atoms with van der Waals surface area (Å²) in [6.45, 7) is -0.403. The summed E-state index contributed by atoms with van der Waals surface area (Å²) >= 11 is 0. The lowest BCUT2D eigenvalue weighted by Crippen LogP contribution is -2.27. The van der Waals surface area contributed by atoms with E-state index in [1.165, 1.54) is 19.2 Å². The van der Waals surface area contributed by atoms with E-state index in [0.717, 1.165) is 0 Å². The van der Waals surface area contributed by atoms with Gasteiger partial charge in [-0.2, -0.15) is 0 Å². The van der Waals surface area contributed by atoms with Crippen molar-refractivity contribution >= 4 is 15.7 Å². The van der Waals surface area contributed by atoms with Crippen molar-refractivity contribution in [3.8, 4) is 0 Å². The van der Waals surface area contributed by atoms with Crippen molar-refractivity contribution in [2.24, 2.45) is 0 Å². The fourth-order valence-electron chi connectivity index (χ4n) is 1.23. The van der Waals surface area contributed by atoms with Gasteiger partial charge in [-0.1, -0.05) is 0 Å². The van der Waals surface area contributed by atoms with Crippen LogP contribution in [0.15, 0.2) is 29.2 Å². The largest absolute Gasteiger partial charge is 0.394 e. The molecule has 7 heteroatoms. The maximum absolute atomic E-state index is 11.4. The number of hydrogen-bond acceptors (Lipinski definition) is 5. The highest BCUT2D eigenvalue weighted by molar-refractivity contribution is 7.89. The standard InChI is InChI=1S/C10H16N2O4S/c1-11-17(15,16)10-4-2-8(3-5-10)12-9(6-13)7-14/h2-5,9,11-14H,6-7H2,1H3. The van der Waals surface area contributed by atoms with Gasteiger partial charge in [0.25, 0.3) is 0 Å². The Morgan fingerprint density at radius 2 is 1.71 bits per heavy atom. The Bertz CT molecular complexity index is 440. The van der Waals surface area contributed by atoms with Crippen molar-refractivity contribution in [3.63, 3.8) is 0 Å². The zero-order chi connectivity index (χ0) is 12.9. The van der Waals surface area contributed by atoms with E-state index in [0.29, 0.717) is 5.69 Å². The Morgan fingerprint density at radius 3 is 2.12 bits per heavy atom. The molecule has 0 radical (unpaired) electrons. The van der Waals surface area contributed by atoms with Crippen LogP contribution in [0.3, 0.4) is 0 Å². The van der Waals surface area contributed by atoms with Crippen LogP contribution in [0.4, 0.5) is 5.69 Å². The van der Waals surface area contributed by atoms with Crippen LogP contribution in [0, 0.1) is 0 Å². The lowest BCUT2D eigenvalue weighted by Gasteiger charge is -2.14. The third kappa shape index (κ3) is 3.67. The zero-order valence-electron chi connectivity index (χ0n) is 9.42. The van der Waals surface area contributed by atoms with E-state index < -0.39 is 16.1 Å². The summed E-state index contributed by atoms with van der Waals surface area (Å²) in [5.74, 6) is 0. The summed E-state index contributed by atoms with van der Waals surface area (Å²) in [5.41, 5.74) is 0.633. The fourth-order valence-corrected chi connectivity index (χ4v) is 1.96. The van der Waals surface area contributed by atoms with Gasteiger partial charge in [-0.3, -0.25) is 0 Å². The number of sulfonamides is 1. The van der Waals surface area contributed by atoms with Crippen LogP contribution < -0.4 is 10.0 Å². The van der Waals surface area contributed by atoms with Crippen LogP contribution in [0.2, 0.25) is 0 Å². The van der Waals surface area contributed by atoms with Gasteiger partial charge < -0.3 is 15.5 Å². The second-order valence-corrected chi connectivity index (χ2v) is 5.32. The minimum Gasteiger partial charge on any atom is -0.394 e. The third-order valence-electron chi connectivity index (χ3n) is 2.24. The Hall–Kier alpha value is -1.15. The molecule has 0 atom stereocenters. The molecule has 0 unspecified atom stereocenters. The van der Waals surface area contributed by atoms with Gasteiger partial charge in [0, 0.05) is 5.69 Å². The van der Waals surface area contributed by atoms with E-state index in [2.05, 4.69) is 10.0 Å². The van der Waals surface area contributed by atoms with Crippen LogP contribution in [0.25, 0.3) is 0 Å². The van der Waals surface area contributed by atoms with Gasteiger partial charge in [-0.05, 0) is 31.3 Å². The van der Waals surface area contributed by atoms with Crippen LogP contribution in [0.1, 0.15) is 0 Å². The van der Waals surface area contributed by atoms with Crippen LogP contribution >= 0.6 is 0 Å². The van der Waals surface area contributed by atoms with Crippen LogP contribution in [0.5, 0.6) is 0 Å². The molecule has 1 aromatic rings. The second kappa shape index (κ2) is 5.97. The fraction of sp³-hybridized carbons (Fsp3) is 0.400. The van der Waals surface area contributed by atoms with Gasteiger partial charge in [0.2, 0.25) is 10.0 Å². The minimum absolute atomic E-state index is 0.162. The lowest BCUT2D eigenvalue weighted by molar-refractivity contribution is 0.204. The molecule has 0 aromatic heterocycles. The Balaban J connectivity index is 2.82. The molecule has 0 heterocycles. The van der Waals surface area contributed by atoms with Gasteiger partial charge in [0.15, 0.2) is 0 Å². The monoisotopic (exact) mass is 260 g/mol. The molecule has 0 aliphatic rings. The molecule has 0 spiro atoms. The summed E-state index contributed by atoms with van der Waals surface area (Å²) in [5, 5.41) is 20.6. The van der Waals surface area contributed by atoms with E-state index in [1.807, 2.05) is 0 Å². The van der Waals surface area contributed by atoms with E-state index >= 15 is 0 Å². The Labute approximate surface area is 100 Å². The normalized spacial score (nSPS) is 11.8. The summed E-state index contributed by atoms with van der Waals surface area (Å²) in [4.78, 5) is 0.162. The molecular weight excluding hydrogens is 244 g/mol. The maximum atomic E-state index is 11.4.